The SMILES string of the molecule is CCN1CCN(C(=O)CCC(=O)c2ccc3c(c2)CCNCC3)CC1. The number of nitrogens with zero attached hydrogens (tertiary/aromatic N) is 2. The van der Waals surface area contributed by atoms with Crippen LogP contribution < -0.4 is 5.32 Å². The molecule has 1 saturated heterocycles. The van der Waals surface area contributed by atoms with E-state index in [1.165, 1.54) is 11.1 Å². The average molecular weight is 343 g/mol. The number of Topliss-reactive ketones (excluding diaryl/α,β-unsaturated/α-hetero) is 1. The molecule has 0 spiro atoms. The fourth-order valence-electron chi connectivity index (χ4n) is 3.68. The van der Waals surface area contributed by atoms with Crippen LogP contribution >= 0.6 is 0 Å². The Balaban J connectivity index is 1.52. The molecule has 0 atom stereocenters. The quantitative estimate of drug-likeness (QED) is 0.824. The number of hydrogen-bond acceptors (Lipinski definition) is 4. The molecular weight excluding hydrogens is 314 g/mol. The van der Waals surface area contributed by atoms with E-state index in [2.05, 4.69) is 23.2 Å². The second-order valence-electron chi connectivity index (χ2n) is 6.97. The summed E-state index contributed by atoms with van der Waals surface area (Å²) in [6.45, 7) is 8.59. The maximum Gasteiger partial charge on any atom is 0.223 e. The number of fused-ring (bicyclic) bond motifs is 1. The molecule has 2 aliphatic heterocycles. The largest absolute Gasteiger partial charge is 0.340 e. The summed E-state index contributed by atoms with van der Waals surface area (Å²) in [7, 11) is 0. The van der Waals surface area contributed by atoms with Crippen LogP contribution in [0, 0.1) is 0 Å². The van der Waals surface area contributed by atoms with Crippen LogP contribution in [-0.4, -0.2) is 67.3 Å². The third kappa shape index (κ3) is 4.67. The summed E-state index contributed by atoms with van der Waals surface area (Å²) in [6.07, 6.45) is 2.62. The molecule has 1 fully saturated rings. The molecule has 0 unspecified atom stereocenters. The summed E-state index contributed by atoms with van der Waals surface area (Å²) in [5.41, 5.74) is 3.37. The van der Waals surface area contributed by atoms with Crippen LogP contribution in [0.2, 0.25) is 0 Å². The van der Waals surface area contributed by atoms with Crippen LogP contribution in [-0.2, 0) is 17.6 Å². The lowest BCUT2D eigenvalue weighted by molar-refractivity contribution is -0.132. The van der Waals surface area contributed by atoms with Gasteiger partial charge in [0.2, 0.25) is 5.91 Å². The van der Waals surface area contributed by atoms with Gasteiger partial charge in [-0.15, -0.1) is 0 Å². The van der Waals surface area contributed by atoms with E-state index in [9.17, 15) is 9.59 Å². The number of likely N-dealkylation sites (N-methyl/N-ethyl adjacent to an activating group) is 1. The fourth-order valence-corrected chi connectivity index (χ4v) is 3.68. The highest BCUT2D eigenvalue weighted by atomic mass is 16.2. The maximum absolute atomic E-state index is 12.5. The van der Waals surface area contributed by atoms with E-state index >= 15 is 0 Å². The van der Waals surface area contributed by atoms with E-state index in [-0.39, 0.29) is 11.7 Å². The fraction of sp³-hybridized carbons (Fsp3) is 0.600. The van der Waals surface area contributed by atoms with Crippen LogP contribution in [0.1, 0.15) is 41.3 Å². The second-order valence-corrected chi connectivity index (χ2v) is 6.97. The van der Waals surface area contributed by atoms with Gasteiger partial charge in [0, 0.05) is 44.6 Å². The van der Waals surface area contributed by atoms with Crippen molar-refractivity contribution >= 4 is 11.7 Å². The summed E-state index contributed by atoms with van der Waals surface area (Å²) < 4.78 is 0. The predicted molar refractivity (Wildman–Crippen MR) is 99.0 cm³/mol. The molecule has 136 valence electrons. The molecule has 0 bridgehead atoms. The first-order valence-electron chi connectivity index (χ1n) is 9.53. The normalized spacial score (nSPS) is 18.5. The van der Waals surface area contributed by atoms with Gasteiger partial charge in [-0.2, -0.15) is 0 Å². The molecule has 5 nitrogen and oxygen atoms in total. The molecule has 1 N–H and O–H groups in total. The van der Waals surface area contributed by atoms with Gasteiger partial charge in [-0.3, -0.25) is 9.59 Å². The van der Waals surface area contributed by atoms with Gasteiger partial charge in [0.1, 0.15) is 0 Å². The van der Waals surface area contributed by atoms with Gasteiger partial charge in [-0.1, -0.05) is 19.1 Å². The summed E-state index contributed by atoms with van der Waals surface area (Å²) in [4.78, 5) is 29.1. The van der Waals surface area contributed by atoms with Gasteiger partial charge in [0.15, 0.2) is 5.78 Å². The van der Waals surface area contributed by atoms with Crippen LogP contribution in [0.5, 0.6) is 0 Å². The van der Waals surface area contributed by atoms with Gasteiger partial charge in [-0.05, 0) is 49.7 Å². The van der Waals surface area contributed by atoms with Crippen molar-refractivity contribution in [2.45, 2.75) is 32.6 Å². The van der Waals surface area contributed by atoms with Gasteiger partial charge in [0.25, 0.3) is 0 Å². The molecule has 2 heterocycles. The zero-order chi connectivity index (χ0) is 17.6. The first-order chi connectivity index (χ1) is 12.2. The van der Waals surface area contributed by atoms with Gasteiger partial charge in [0.05, 0.1) is 0 Å². The Morgan fingerprint density at radius 1 is 1.00 bits per heavy atom. The van der Waals surface area contributed by atoms with Crippen molar-refractivity contribution in [3.05, 3.63) is 34.9 Å². The Hall–Kier alpha value is -1.72. The predicted octanol–water partition coefficient (Wildman–Crippen LogP) is 1.50. The molecular formula is C20H29N3O2. The maximum atomic E-state index is 12.5. The molecule has 0 aliphatic carbocycles. The molecule has 3 rings (SSSR count). The standard InChI is InChI=1S/C20H29N3O2/c1-2-22-11-13-23(14-12-22)20(25)6-5-19(24)18-4-3-16-7-9-21-10-8-17(16)15-18/h3-4,15,21H,2,5-14H2,1H3. The van der Waals surface area contributed by atoms with Crippen molar-refractivity contribution in [2.75, 3.05) is 45.8 Å². The number of carbonyl (C=O) groups excluding carboxylic acids is 2. The number of hydrogen-bond donors (Lipinski definition) is 1. The third-order valence-corrected chi connectivity index (χ3v) is 5.41. The molecule has 5 heteroatoms. The zero-order valence-electron chi connectivity index (χ0n) is 15.2. The Morgan fingerprint density at radius 2 is 1.72 bits per heavy atom. The number of rotatable bonds is 5. The van der Waals surface area contributed by atoms with Crippen molar-refractivity contribution in [3.8, 4) is 0 Å². The summed E-state index contributed by atoms with van der Waals surface area (Å²) in [5, 5.41) is 3.39. The van der Waals surface area contributed by atoms with Crippen molar-refractivity contribution in [2.24, 2.45) is 0 Å². The van der Waals surface area contributed by atoms with E-state index in [4.69, 9.17) is 0 Å². The summed E-state index contributed by atoms with van der Waals surface area (Å²) in [5.74, 6) is 0.198. The first kappa shape index (κ1) is 18.1. The molecule has 25 heavy (non-hydrogen) atoms. The van der Waals surface area contributed by atoms with Gasteiger partial charge in [-0.25, -0.2) is 0 Å². The number of carbonyl (C=O) groups is 2. The Kier molecular flexibility index (Phi) is 6.21. The Labute approximate surface area is 150 Å². The number of benzene rings is 1. The topological polar surface area (TPSA) is 52.7 Å². The van der Waals surface area contributed by atoms with E-state index in [1.807, 2.05) is 17.0 Å². The van der Waals surface area contributed by atoms with Crippen LogP contribution in [0.3, 0.4) is 0 Å². The first-order valence-corrected chi connectivity index (χ1v) is 9.53. The number of piperazine rings is 1. The average Bonchev–Trinajstić information content (AvgIpc) is 2.90. The molecule has 0 saturated carbocycles. The highest BCUT2D eigenvalue weighted by molar-refractivity contribution is 5.98. The lowest BCUT2D eigenvalue weighted by atomic mass is 9.97. The van der Waals surface area contributed by atoms with Gasteiger partial charge >= 0.3 is 0 Å². The molecule has 1 amide bonds. The monoisotopic (exact) mass is 343 g/mol. The lowest BCUT2D eigenvalue weighted by Gasteiger charge is -2.34. The highest BCUT2D eigenvalue weighted by Gasteiger charge is 2.21. The number of nitrogens with one attached hydrogen (secondary N) is 1. The van der Waals surface area contributed by atoms with Gasteiger partial charge < -0.3 is 15.1 Å². The third-order valence-electron chi connectivity index (χ3n) is 5.41. The van der Waals surface area contributed by atoms with E-state index in [0.717, 1.165) is 64.2 Å². The summed E-state index contributed by atoms with van der Waals surface area (Å²) >= 11 is 0. The van der Waals surface area contributed by atoms with Crippen LogP contribution in [0.15, 0.2) is 18.2 Å². The Bertz CT molecular complexity index is 621. The van der Waals surface area contributed by atoms with Crippen molar-refractivity contribution < 1.29 is 9.59 Å². The minimum absolute atomic E-state index is 0.0838. The minimum atomic E-state index is 0.0838. The van der Waals surface area contributed by atoms with Crippen molar-refractivity contribution in [1.82, 2.24) is 15.1 Å². The molecule has 1 aromatic carbocycles. The van der Waals surface area contributed by atoms with Crippen molar-refractivity contribution in [1.29, 1.82) is 0 Å². The lowest BCUT2D eigenvalue weighted by Crippen LogP contribution is -2.48. The van der Waals surface area contributed by atoms with Crippen LogP contribution in [0.25, 0.3) is 0 Å². The summed E-state index contributed by atoms with van der Waals surface area (Å²) in [6, 6.07) is 6.05. The van der Waals surface area contributed by atoms with E-state index in [0.29, 0.717) is 12.8 Å². The van der Waals surface area contributed by atoms with E-state index in [1.54, 1.807) is 0 Å². The number of ketones is 1. The molecule has 0 radical (unpaired) electrons. The van der Waals surface area contributed by atoms with Crippen molar-refractivity contribution in [3.63, 3.8) is 0 Å². The minimum Gasteiger partial charge on any atom is -0.340 e. The smallest absolute Gasteiger partial charge is 0.223 e. The molecule has 2 aliphatic rings. The molecule has 1 aromatic rings. The number of amides is 1. The van der Waals surface area contributed by atoms with Crippen LogP contribution in [0.4, 0.5) is 0 Å². The second kappa shape index (κ2) is 8.59. The Morgan fingerprint density at radius 3 is 2.44 bits per heavy atom. The highest BCUT2D eigenvalue weighted by Crippen LogP contribution is 2.17. The zero-order valence-corrected chi connectivity index (χ0v) is 15.2. The molecule has 0 aromatic heterocycles. The van der Waals surface area contributed by atoms with E-state index < -0.39 is 0 Å².